The number of nitrogens with one attached hydrogen (secondary N) is 2. The smallest absolute Gasteiger partial charge is 0.221 e. The number of nitrogens with zero attached hydrogens (tertiary/aromatic N) is 3. The second kappa shape index (κ2) is 9.31. The Bertz CT molecular complexity index is 1090. The van der Waals surface area contributed by atoms with Crippen molar-refractivity contribution in [2.75, 3.05) is 10.6 Å². The van der Waals surface area contributed by atoms with Crippen LogP contribution in [0.4, 0.5) is 16.5 Å². The van der Waals surface area contributed by atoms with Crippen LogP contribution in [0, 0.1) is 6.92 Å². The normalized spacial score (nSPS) is 10.1. The Labute approximate surface area is 187 Å². The van der Waals surface area contributed by atoms with Crippen LogP contribution in [0.1, 0.15) is 12.6 Å². The fourth-order valence-electron chi connectivity index (χ4n) is 2.83. The van der Waals surface area contributed by atoms with E-state index in [1.165, 1.54) is 6.92 Å². The highest BCUT2D eigenvalue weighted by molar-refractivity contribution is 8.93. The minimum atomic E-state index is -0.0846. The first-order valence-corrected chi connectivity index (χ1v) is 9.02. The number of fused-ring (bicyclic) bond motifs is 1. The lowest BCUT2D eigenvalue weighted by molar-refractivity contribution is -0.114. The van der Waals surface area contributed by atoms with Gasteiger partial charge in [0, 0.05) is 29.9 Å². The van der Waals surface area contributed by atoms with Crippen LogP contribution >= 0.6 is 45.3 Å². The number of amides is 1. The lowest BCUT2D eigenvalue weighted by Crippen LogP contribution is -2.05. The first-order chi connectivity index (χ1) is 12.6. The number of rotatable bonds is 4. The van der Waals surface area contributed by atoms with Gasteiger partial charge in [-0.3, -0.25) is 9.20 Å². The van der Waals surface area contributed by atoms with E-state index in [1.807, 2.05) is 61.0 Å². The van der Waals surface area contributed by atoms with Crippen LogP contribution in [0.2, 0.25) is 0 Å². The van der Waals surface area contributed by atoms with Gasteiger partial charge in [-0.05, 0) is 43.3 Å². The van der Waals surface area contributed by atoms with Gasteiger partial charge in [0.1, 0.15) is 11.3 Å². The fraction of sp³-hybridized carbons (Fsp3) is 0.105. The molecule has 0 saturated carbocycles. The summed E-state index contributed by atoms with van der Waals surface area (Å²) in [6.45, 7) is 3.49. The van der Waals surface area contributed by atoms with Gasteiger partial charge in [0.25, 0.3) is 0 Å². The van der Waals surface area contributed by atoms with E-state index in [-0.39, 0.29) is 39.9 Å². The minimum Gasteiger partial charge on any atom is -0.332 e. The van der Waals surface area contributed by atoms with E-state index in [9.17, 15) is 4.79 Å². The molecule has 28 heavy (non-hydrogen) atoms. The van der Waals surface area contributed by atoms with Crippen LogP contribution in [-0.4, -0.2) is 20.3 Å². The van der Waals surface area contributed by atoms with Gasteiger partial charge in [-0.1, -0.05) is 6.07 Å². The lowest BCUT2D eigenvalue weighted by atomic mass is 10.3. The Hall–Kier alpha value is -2.23. The second-order valence-electron chi connectivity index (χ2n) is 5.90. The molecule has 3 heterocycles. The molecule has 0 spiro atoms. The summed E-state index contributed by atoms with van der Waals surface area (Å²) >= 11 is 1.54. The molecule has 1 amide bonds. The highest BCUT2D eigenvalue weighted by Crippen LogP contribution is 2.30. The van der Waals surface area contributed by atoms with Crippen LogP contribution < -0.4 is 10.6 Å². The molecule has 0 radical (unpaired) electrons. The van der Waals surface area contributed by atoms with Crippen molar-refractivity contribution < 1.29 is 4.79 Å². The molecule has 1 aromatic carbocycles. The molecule has 0 aliphatic heterocycles. The number of aromatic nitrogens is 3. The molecular formula is C19H19Br2N5OS. The third-order valence-corrected chi connectivity index (χ3v) is 4.67. The number of carbonyl (C=O) groups excluding carboxylic acids is 1. The van der Waals surface area contributed by atoms with Gasteiger partial charge in [0.05, 0.1) is 11.4 Å². The standard InChI is InChI=1S/C19H17N5OS.2BrH/c1-12-18(24-10-4-3-5-17(24)20-12)16-11-26-19(23-16)22-15-8-6-14(7-9-15)21-13(2)25;;/h3-11H,1-2H3,(H,21,25)(H,22,23);2*1H. The number of hydrogen-bond acceptors (Lipinski definition) is 5. The predicted octanol–water partition coefficient (Wildman–Crippen LogP) is 5.62. The van der Waals surface area contributed by atoms with E-state index < -0.39 is 0 Å². The number of imidazole rings is 1. The number of benzene rings is 1. The number of carbonyl (C=O) groups is 1. The quantitative estimate of drug-likeness (QED) is 0.363. The molecule has 0 atom stereocenters. The highest BCUT2D eigenvalue weighted by atomic mass is 79.9. The maximum Gasteiger partial charge on any atom is 0.221 e. The topological polar surface area (TPSA) is 71.3 Å². The van der Waals surface area contributed by atoms with Gasteiger partial charge in [-0.15, -0.1) is 45.3 Å². The van der Waals surface area contributed by atoms with Crippen LogP contribution in [0.25, 0.3) is 17.0 Å². The molecule has 0 saturated heterocycles. The number of thiazole rings is 1. The molecule has 2 N–H and O–H groups in total. The van der Waals surface area contributed by atoms with Crippen molar-refractivity contribution in [3.63, 3.8) is 0 Å². The molecule has 146 valence electrons. The van der Waals surface area contributed by atoms with E-state index in [0.29, 0.717) is 0 Å². The second-order valence-corrected chi connectivity index (χ2v) is 6.75. The van der Waals surface area contributed by atoms with Crippen LogP contribution in [0.15, 0.2) is 54.0 Å². The van der Waals surface area contributed by atoms with Crippen molar-refractivity contribution in [2.24, 2.45) is 0 Å². The largest absolute Gasteiger partial charge is 0.332 e. The third-order valence-electron chi connectivity index (χ3n) is 3.91. The van der Waals surface area contributed by atoms with E-state index in [1.54, 1.807) is 11.3 Å². The summed E-state index contributed by atoms with van der Waals surface area (Å²) in [6, 6.07) is 13.5. The summed E-state index contributed by atoms with van der Waals surface area (Å²) in [5.41, 5.74) is 5.44. The van der Waals surface area contributed by atoms with Gasteiger partial charge in [0.2, 0.25) is 5.91 Å². The molecule has 3 aromatic heterocycles. The Kier molecular flexibility index (Phi) is 7.34. The minimum absolute atomic E-state index is 0. The number of aryl methyl sites for hydroxylation is 1. The van der Waals surface area contributed by atoms with Gasteiger partial charge in [0.15, 0.2) is 5.13 Å². The first-order valence-electron chi connectivity index (χ1n) is 8.14. The highest BCUT2D eigenvalue weighted by Gasteiger charge is 2.14. The van der Waals surface area contributed by atoms with Crippen LogP contribution in [0.3, 0.4) is 0 Å². The van der Waals surface area contributed by atoms with Crippen molar-refractivity contribution in [2.45, 2.75) is 13.8 Å². The van der Waals surface area contributed by atoms with Gasteiger partial charge in [-0.25, -0.2) is 9.97 Å². The fourth-order valence-corrected chi connectivity index (χ4v) is 3.54. The monoisotopic (exact) mass is 523 g/mol. The first kappa shape index (κ1) is 22.1. The SMILES string of the molecule is Br.Br.CC(=O)Nc1ccc(Nc2nc(-c3c(C)nc4ccccn34)cs2)cc1. The van der Waals surface area contributed by atoms with Gasteiger partial charge in [-0.2, -0.15) is 0 Å². The Morgan fingerprint density at radius 1 is 1.04 bits per heavy atom. The summed E-state index contributed by atoms with van der Waals surface area (Å²) in [5.74, 6) is -0.0846. The van der Waals surface area contributed by atoms with Crippen LogP contribution in [-0.2, 0) is 4.79 Å². The average Bonchev–Trinajstić information content (AvgIpc) is 3.19. The van der Waals surface area contributed by atoms with Gasteiger partial charge >= 0.3 is 0 Å². The van der Waals surface area contributed by atoms with E-state index in [4.69, 9.17) is 4.98 Å². The van der Waals surface area contributed by atoms with Crippen molar-refractivity contribution in [3.8, 4) is 11.4 Å². The number of anilines is 3. The molecule has 0 fully saturated rings. The zero-order chi connectivity index (χ0) is 18.1. The lowest BCUT2D eigenvalue weighted by Gasteiger charge is -2.05. The molecule has 0 unspecified atom stereocenters. The van der Waals surface area contributed by atoms with E-state index in [0.717, 1.165) is 39.2 Å². The third kappa shape index (κ3) is 4.60. The zero-order valence-electron chi connectivity index (χ0n) is 15.2. The summed E-state index contributed by atoms with van der Waals surface area (Å²) in [4.78, 5) is 20.4. The molecule has 6 nitrogen and oxygen atoms in total. The maximum absolute atomic E-state index is 11.1. The van der Waals surface area contributed by atoms with Gasteiger partial charge < -0.3 is 10.6 Å². The summed E-state index contributed by atoms with van der Waals surface area (Å²) < 4.78 is 2.05. The Morgan fingerprint density at radius 2 is 1.75 bits per heavy atom. The molecule has 0 aliphatic rings. The summed E-state index contributed by atoms with van der Waals surface area (Å²) in [6.07, 6.45) is 2.00. The van der Waals surface area contributed by atoms with Crippen LogP contribution in [0.5, 0.6) is 0 Å². The molecule has 9 heteroatoms. The predicted molar refractivity (Wildman–Crippen MR) is 126 cm³/mol. The molecule has 4 rings (SSSR count). The molecular weight excluding hydrogens is 506 g/mol. The molecule has 0 aliphatic carbocycles. The number of halogens is 2. The summed E-state index contributed by atoms with van der Waals surface area (Å²) in [7, 11) is 0. The molecule has 4 aromatic rings. The Balaban J connectivity index is 0.00000140. The maximum atomic E-state index is 11.1. The van der Waals surface area contributed by atoms with Crippen molar-refractivity contribution in [3.05, 3.63) is 59.7 Å². The van der Waals surface area contributed by atoms with E-state index in [2.05, 4.69) is 20.0 Å². The number of pyridine rings is 1. The number of hydrogen-bond donors (Lipinski definition) is 2. The molecule has 0 bridgehead atoms. The van der Waals surface area contributed by atoms with Crippen molar-refractivity contribution in [1.82, 2.24) is 14.4 Å². The summed E-state index contributed by atoms with van der Waals surface area (Å²) in [5, 5.41) is 8.88. The van der Waals surface area contributed by atoms with E-state index >= 15 is 0 Å². The van der Waals surface area contributed by atoms with Crippen molar-refractivity contribution in [1.29, 1.82) is 0 Å². The Morgan fingerprint density at radius 3 is 2.46 bits per heavy atom. The zero-order valence-corrected chi connectivity index (χ0v) is 19.4. The average molecular weight is 525 g/mol. The van der Waals surface area contributed by atoms with Crippen molar-refractivity contribution >= 4 is 73.4 Å².